The van der Waals surface area contributed by atoms with Crippen molar-refractivity contribution in [1.29, 1.82) is 0 Å². The maximum Gasteiger partial charge on any atom is 0.268 e. The summed E-state index contributed by atoms with van der Waals surface area (Å²) in [5, 5.41) is 11.4. The lowest BCUT2D eigenvalue weighted by molar-refractivity contribution is 0.185. The van der Waals surface area contributed by atoms with Crippen molar-refractivity contribution in [2.24, 2.45) is 0 Å². The van der Waals surface area contributed by atoms with Crippen LogP contribution in [0.4, 0.5) is 0 Å². The number of aromatic nitrogens is 4. The lowest BCUT2D eigenvalue weighted by atomic mass is 10.1. The summed E-state index contributed by atoms with van der Waals surface area (Å²) in [6.45, 7) is 0.930. The maximum atomic E-state index is 13.5. The Morgan fingerprint density at radius 3 is 2.46 bits per heavy atom. The molecule has 2 aromatic heterocycles. The Kier molecular flexibility index (Phi) is 7.60. The highest BCUT2D eigenvalue weighted by Gasteiger charge is 2.24. The second kappa shape index (κ2) is 10.9. The first-order chi connectivity index (χ1) is 17.9. The van der Waals surface area contributed by atoms with Crippen LogP contribution in [0.2, 0.25) is 10.0 Å². The first-order valence-electron chi connectivity index (χ1n) is 11.3. The number of ether oxygens (including phenoxy) is 1. The molecule has 0 unspecified atom stereocenters. The Labute approximate surface area is 229 Å². The summed E-state index contributed by atoms with van der Waals surface area (Å²) in [5.74, 6) is 1.17. The number of methoxy groups -OCH3 is 1. The van der Waals surface area contributed by atoms with Crippen LogP contribution in [-0.4, -0.2) is 40.9 Å². The highest BCUT2D eigenvalue weighted by atomic mass is 35.5. The Bertz CT molecular complexity index is 1670. The fourth-order valence-electron chi connectivity index (χ4n) is 3.99. The number of fused-ring (bicyclic) bond motifs is 1. The van der Waals surface area contributed by atoms with Crippen LogP contribution in [0, 0.1) is 0 Å². The molecule has 37 heavy (non-hydrogen) atoms. The molecular formula is C26H22Cl2N4O3S2. The van der Waals surface area contributed by atoms with Crippen LogP contribution in [0.15, 0.2) is 89.0 Å². The third-order valence-corrected chi connectivity index (χ3v) is 9.27. The molecule has 7 nitrogen and oxygen atoms in total. The first kappa shape index (κ1) is 25.8. The lowest BCUT2D eigenvalue weighted by Gasteiger charge is -2.09. The topological polar surface area (TPSA) is 79.0 Å². The first-order valence-corrected chi connectivity index (χ1v) is 14.5. The van der Waals surface area contributed by atoms with Gasteiger partial charge in [-0.3, -0.25) is 4.57 Å². The predicted octanol–water partition coefficient (Wildman–Crippen LogP) is 6.38. The van der Waals surface area contributed by atoms with E-state index >= 15 is 0 Å². The molecule has 0 aliphatic carbocycles. The SMILES string of the molecule is COCCn1c(SCc2ccc(Cl)c(Cl)c2)nnc1-c1cn(S(=O)(=O)c2ccccc2)c2ccccc12. The van der Waals surface area contributed by atoms with E-state index in [1.807, 2.05) is 34.9 Å². The molecule has 0 aliphatic rings. The van der Waals surface area contributed by atoms with E-state index in [1.54, 1.807) is 55.8 Å². The number of hydrogen-bond donors (Lipinski definition) is 0. The lowest BCUT2D eigenvalue weighted by Crippen LogP contribution is -2.11. The van der Waals surface area contributed by atoms with Gasteiger partial charge in [-0.15, -0.1) is 10.2 Å². The average molecular weight is 574 g/mol. The van der Waals surface area contributed by atoms with E-state index in [9.17, 15) is 8.42 Å². The van der Waals surface area contributed by atoms with E-state index < -0.39 is 10.0 Å². The zero-order chi connectivity index (χ0) is 26.0. The fourth-order valence-corrected chi connectivity index (χ4v) is 6.61. The van der Waals surface area contributed by atoms with Crippen molar-refractivity contribution >= 4 is 55.9 Å². The van der Waals surface area contributed by atoms with Crippen LogP contribution in [0.1, 0.15) is 5.56 Å². The van der Waals surface area contributed by atoms with Crippen LogP contribution in [-0.2, 0) is 27.1 Å². The molecule has 190 valence electrons. The predicted molar refractivity (Wildman–Crippen MR) is 148 cm³/mol. The van der Waals surface area contributed by atoms with E-state index in [0.717, 1.165) is 10.9 Å². The van der Waals surface area contributed by atoms with E-state index in [0.29, 0.717) is 51.0 Å². The number of rotatable bonds is 9. The molecule has 0 N–H and O–H groups in total. The molecule has 0 atom stereocenters. The van der Waals surface area contributed by atoms with Gasteiger partial charge < -0.3 is 4.74 Å². The second-order valence-electron chi connectivity index (χ2n) is 8.16. The molecule has 11 heteroatoms. The van der Waals surface area contributed by atoms with Crippen LogP contribution >= 0.6 is 35.0 Å². The van der Waals surface area contributed by atoms with Gasteiger partial charge in [0.2, 0.25) is 0 Å². The zero-order valence-electron chi connectivity index (χ0n) is 19.7. The normalized spacial score (nSPS) is 11.9. The monoisotopic (exact) mass is 572 g/mol. The van der Waals surface area contributed by atoms with Crippen molar-refractivity contribution in [3.8, 4) is 11.4 Å². The number of nitrogens with zero attached hydrogens (tertiary/aromatic N) is 4. The van der Waals surface area contributed by atoms with Crippen LogP contribution in [0.5, 0.6) is 0 Å². The summed E-state index contributed by atoms with van der Waals surface area (Å²) in [5.41, 5.74) is 2.22. The number of halogens is 2. The molecule has 0 saturated carbocycles. The number of para-hydroxylation sites is 1. The summed E-state index contributed by atoms with van der Waals surface area (Å²) in [7, 11) is -2.19. The van der Waals surface area contributed by atoms with Crippen LogP contribution in [0.3, 0.4) is 0 Å². The summed E-state index contributed by atoms with van der Waals surface area (Å²) in [4.78, 5) is 0.209. The zero-order valence-corrected chi connectivity index (χ0v) is 22.9. The van der Waals surface area contributed by atoms with Crippen molar-refractivity contribution in [1.82, 2.24) is 18.7 Å². The molecule has 5 rings (SSSR count). The quantitative estimate of drug-likeness (QED) is 0.191. The van der Waals surface area contributed by atoms with Gasteiger partial charge in [0.25, 0.3) is 10.0 Å². The van der Waals surface area contributed by atoms with Gasteiger partial charge in [0.15, 0.2) is 11.0 Å². The third kappa shape index (κ3) is 5.15. The van der Waals surface area contributed by atoms with Gasteiger partial charge in [0.1, 0.15) is 0 Å². The van der Waals surface area contributed by atoms with Crippen molar-refractivity contribution in [2.75, 3.05) is 13.7 Å². The molecule has 0 radical (unpaired) electrons. The van der Waals surface area contributed by atoms with Crippen LogP contribution < -0.4 is 0 Å². The van der Waals surface area contributed by atoms with Crippen molar-refractivity contribution in [3.05, 3.63) is 94.6 Å². The molecule has 0 aliphatic heterocycles. The standard InChI is InChI=1S/C26H22Cl2N4O3S2/c1-35-14-13-31-25(29-30-26(31)36-17-18-11-12-22(27)23(28)15-18)21-16-32(24-10-6-5-9-20(21)24)37(33,34)19-7-3-2-4-8-19/h2-12,15-16H,13-14,17H2,1H3. The van der Waals surface area contributed by atoms with E-state index in [4.69, 9.17) is 27.9 Å². The van der Waals surface area contributed by atoms with Gasteiger partial charge in [-0.2, -0.15) is 0 Å². The van der Waals surface area contributed by atoms with Gasteiger partial charge in [-0.25, -0.2) is 12.4 Å². The fraction of sp³-hybridized carbons (Fsp3) is 0.154. The maximum absolute atomic E-state index is 13.5. The summed E-state index contributed by atoms with van der Waals surface area (Å²) < 4.78 is 35.7. The Morgan fingerprint density at radius 2 is 1.70 bits per heavy atom. The van der Waals surface area contributed by atoms with Gasteiger partial charge in [0, 0.05) is 30.0 Å². The smallest absolute Gasteiger partial charge is 0.268 e. The second-order valence-corrected chi connectivity index (χ2v) is 11.7. The molecule has 2 heterocycles. The van der Waals surface area contributed by atoms with Crippen LogP contribution in [0.25, 0.3) is 22.3 Å². The molecular weight excluding hydrogens is 551 g/mol. The highest BCUT2D eigenvalue weighted by molar-refractivity contribution is 7.98. The summed E-state index contributed by atoms with van der Waals surface area (Å²) in [6.07, 6.45) is 1.62. The number of benzene rings is 3. The average Bonchev–Trinajstić information content (AvgIpc) is 3.50. The molecule has 0 spiro atoms. The highest BCUT2D eigenvalue weighted by Crippen LogP contribution is 2.35. The minimum absolute atomic E-state index is 0.209. The number of thioether (sulfide) groups is 1. The van der Waals surface area contributed by atoms with Crippen molar-refractivity contribution < 1.29 is 13.2 Å². The van der Waals surface area contributed by atoms with E-state index in [2.05, 4.69) is 10.2 Å². The largest absolute Gasteiger partial charge is 0.383 e. The van der Waals surface area contributed by atoms with Gasteiger partial charge in [-0.1, -0.05) is 77.4 Å². The Balaban J connectivity index is 1.58. The molecule has 5 aromatic rings. The van der Waals surface area contributed by atoms with Gasteiger partial charge in [-0.05, 0) is 35.9 Å². The number of hydrogen-bond acceptors (Lipinski definition) is 6. The minimum atomic E-state index is -3.82. The van der Waals surface area contributed by atoms with Crippen molar-refractivity contribution in [2.45, 2.75) is 22.3 Å². The molecule has 3 aromatic carbocycles. The van der Waals surface area contributed by atoms with Gasteiger partial charge >= 0.3 is 0 Å². The summed E-state index contributed by atoms with van der Waals surface area (Å²) >= 11 is 13.7. The molecule has 0 amide bonds. The van der Waals surface area contributed by atoms with Crippen molar-refractivity contribution in [3.63, 3.8) is 0 Å². The Hall–Kier alpha value is -2.82. The minimum Gasteiger partial charge on any atom is -0.383 e. The molecule has 0 fully saturated rings. The third-order valence-electron chi connectivity index (χ3n) is 5.81. The molecule has 0 bridgehead atoms. The van der Waals surface area contributed by atoms with E-state index in [1.165, 1.54) is 15.7 Å². The van der Waals surface area contributed by atoms with E-state index in [-0.39, 0.29) is 4.90 Å². The Morgan fingerprint density at radius 1 is 0.946 bits per heavy atom. The van der Waals surface area contributed by atoms with Gasteiger partial charge in [0.05, 0.1) is 33.6 Å². The molecule has 0 saturated heterocycles. The summed E-state index contributed by atoms with van der Waals surface area (Å²) in [6, 6.07) is 21.3.